The van der Waals surface area contributed by atoms with Crippen LogP contribution >= 0.6 is 0 Å². The van der Waals surface area contributed by atoms with Crippen molar-refractivity contribution in [2.24, 2.45) is 0 Å². The molecule has 0 bridgehead atoms. The molecule has 0 fully saturated rings. The summed E-state index contributed by atoms with van der Waals surface area (Å²) in [5.41, 5.74) is 2.08. The van der Waals surface area contributed by atoms with Gasteiger partial charge in [-0.2, -0.15) is 0 Å². The highest BCUT2D eigenvalue weighted by atomic mass is 16.5. The molecule has 0 atom stereocenters. The van der Waals surface area contributed by atoms with Gasteiger partial charge in [0.15, 0.2) is 0 Å². The van der Waals surface area contributed by atoms with E-state index >= 15 is 0 Å². The maximum Gasteiger partial charge on any atom is 0.336 e. The summed E-state index contributed by atoms with van der Waals surface area (Å²) < 4.78 is 5.36. The molecule has 26 heavy (non-hydrogen) atoms. The number of carbonyl (C=O) groups is 2. The zero-order valence-corrected chi connectivity index (χ0v) is 14.1. The topological polar surface area (TPSA) is 105 Å². The van der Waals surface area contributed by atoms with Crippen molar-refractivity contribution in [2.75, 3.05) is 5.32 Å². The van der Waals surface area contributed by atoms with Crippen molar-refractivity contribution in [3.8, 4) is 22.4 Å². The molecule has 2 N–H and O–H groups in total. The third-order valence-corrected chi connectivity index (χ3v) is 3.80. The number of nitrogens with one attached hydrogen (secondary N) is 1. The highest BCUT2D eigenvalue weighted by Gasteiger charge is 2.24. The van der Waals surface area contributed by atoms with E-state index < -0.39 is 5.97 Å². The van der Waals surface area contributed by atoms with Crippen LogP contribution in [0.1, 0.15) is 30.1 Å². The Labute approximate surface area is 149 Å². The van der Waals surface area contributed by atoms with Crippen molar-refractivity contribution < 1.29 is 19.2 Å². The van der Waals surface area contributed by atoms with Gasteiger partial charge >= 0.3 is 5.97 Å². The lowest BCUT2D eigenvalue weighted by Gasteiger charge is -2.08. The Morgan fingerprint density at radius 1 is 1.15 bits per heavy atom. The number of aromatic carboxylic acids is 1. The first-order chi connectivity index (χ1) is 12.6. The Morgan fingerprint density at radius 2 is 1.88 bits per heavy atom. The van der Waals surface area contributed by atoms with Crippen molar-refractivity contribution in [3.05, 3.63) is 54.4 Å². The van der Waals surface area contributed by atoms with Crippen LogP contribution in [0.4, 0.5) is 5.88 Å². The summed E-state index contributed by atoms with van der Waals surface area (Å²) in [6, 6.07) is 10.0. The minimum Gasteiger partial charge on any atom is -0.478 e. The number of amides is 1. The standard InChI is InChI=1S/C19H17N3O4/c1-2-5-15(23)21-18-16(13-6-3-4-7-14(13)19(24)25)17(22-26-18)12-8-10-20-11-9-12/h3-4,6-11H,2,5H2,1H3,(H,21,23)(H,24,25). The maximum absolute atomic E-state index is 12.0. The Balaban J connectivity index is 2.19. The highest BCUT2D eigenvalue weighted by Crippen LogP contribution is 2.39. The average molecular weight is 351 g/mol. The van der Waals surface area contributed by atoms with Crippen molar-refractivity contribution in [3.63, 3.8) is 0 Å². The van der Waals surface area contributed by atoms with Gasteiger partial charge in [-0.25, -0.2) is 4.79 Å². The van der Waals surface area contributed by atoms with E-state index in [1.807, 2.05) is 6.92 Å². The minimum absolute atomic E-state index is 0.0944. The van der Waals surface area contributed by atoms with E-state index in [4.69, 9.17) is 4.52 Å². The fourth-order valence-corrected chi connectivity index (χ4v) is 2.64. The van der Waals surface area contributed by atoms with Gasteiger partial charge in [-0.05, 0) is 24.6 Å². The predicted molar refractivity (Wildman–Crippen MR) is 95.7 cm³/mol. The Kier molecular flexibility index (Phi) is 5.07. The van der Waals surface area contributed by atoms with Gasteiger partial charge in [-0.3, -0.25) is 15.1 Å². The van der Waals surface area contributed by atoms with Crippen LogP contribution in [0.25, 0.3) is 22.4 Å². The van der Waals surface area contributed by atoms with Gasteiger partial charge in [0.25, 0.3) is 0 Å². The number of hydrogen-bond donors (Lipinski definition) is 2. The number of anilines is 1. The summed E-state index contributed by atoms with van der Waals surface area (Å²) in [5.74, 6) is -1.17. The lowest BCUT2D eigenvalue weighted by molar-refractivity contribution is -0.116. The van der Waals surface area contributed by atoms with Gasteiger partial charge in [0.05, 0.1) is 11.1 Å². The lowest BCUT2D eigenvalue weighted by Crippen LogP contribution is -2.11. The van der Waals surface area contributed by atoms with E-state index in [0.717, 1.165) is 0 Å². The van der Waals surface area contributed by atoms with E-state index in [-0.39, 0.29) is 17.4 Å². The zero-order valence-electron chi connectivity index (χ0n) is 14.1. The number of benzene rings is 1. The number of carbonyl (C=O) groups excluding carboxylic acids is 1. The molecule has 0 aliphatic rings. The zero-order chi connectivity index (χ0) is 18.5. The molecule has 0 spiro atoms. The molecule has 0 saturated heterocycles. The molecule has 0 aliphatic heterocycles. The SMILES string of the molecule is CCCC(=O)Nc1onc(-c2ccncc2)c1-c1ccccc1C(=O)O. The highest BCUT2D eigenvalue weighted by molar-refractivity contribution is 6.03. The fourth-order valence-electron chi connectivity index (χ4n) is 2.64. The molecule has 7 heteroatoms. The molecule has 2 heterocycles. The number of aromatic nitrogens is 2. The number of pyridine rings is 1. The second-order valence-electron chi connectivity index (χ2n) is 5.62. The van der Waals surface area contributed by atoms with Crippen LogP contribution in [-0.4, -0.2) is 27.1 Å². The molecule has 2 aromatic heterocycles. The van der Waals surface area contributed by atoms with Crippen LogP contribution in [0.5, 0.6) is 0 Å². The third kappa shape index (κ3) is 3.46. The molecule has 0 saturated carbocycles. The van der Waals surface area contributed by atoms with E-state index in [2.05, 4.69) is 15.5 Å². The summed E-state index contributed by atoms with van der Waals surface area (Å²) in [6.45, 7) is 1.89. The van der Waals surface area contributed by atoms with Gasteiger partial charge in [0, 0.05) is 29.9 Å². The molecule has 3 aromatic rings. The van der Waals surface area contributed by atoms with E-state index in [1.54, 1.807) is 42.7 Å². The first-order valence-corrected chi connectivity index (χ1v) is 8.14. The lowest BCUT2D eigenvalue weighted by atomic mass is 9.97. The number of carboxylic acids is 1. The summed E-state index contributed by atoms with van der Waals surface area (Å²) in [6.07, 6.45) is 4.21. The average Bonchev–Trinajstić information content (AvgIpc) is 3.05. The first-order valence-electron chi connectivity index (χ1n) is 8.14. The van der Waals surface area contributed by atoms with Crippen molar-refractivity contribution in [1.82, 2.24) is 10.1 Å². The predicted octanol–water partition coefficient (Wildman–Crippen LogP) is 3.84. The number of carboxylic acid groups (broad SMARTS) is 1. The summed E-state index contributed by atoms with van der Waals surface area (Å²) in [5, 5.41) is 16.3. The number of nitrogens with zero attached hydrogens (tertiary/aromatic N) is 2. The molecule has 3 rings (SSSR count). The molecule has 0 aliphatic carbocycles. The number of hydrogen-bond acceptors (Lipinski definition) is 5. The molecule has 132 valence electrons. The summed E-state index contributed by atoms with van der Waals surface area (Å²) >= 11 is 0. The van der Waals surface area contributed by atoms with Crippen molar-refractivity contribution >= 4 is 17.8 Å². The third-order valence-electron chi connectivity index (χ3n) is 3.80. The maximum atomic E-state index is 12.0. The minimum atomic E-state index is -1.08. The van der Waals surface area contributed by atoms with Crippen molar-refractivity contribution in [1.29, 1.82) is 0 Å². The van der Waals surface area contributed by atoms with Gasteiger partial charge < -0.3 is 9.63 Å². The Morgan fingerprint density at radius 3 is 2.58 bits per heavy atom. The van der Waals surface area contributed by atoms with Crippen LogP contribution in [0.15, 0.2) is 53.3 Å². The first kappa shape index (κ1) is 17.3. The largest absolute Gasteiger partial charge is 0.478 e. The second kappa shape index (κ2) is 7.60. The quantitative estimate of drug-likeness (QED) is 0.699. The van der Waals surface area contributed by atoms with Crippen molar-refractivity contribution in [2.45, 2.75) is 19.8 Å². The molecular formula is C19H17N3O4. The van der Waals surface area contributed by atoms with Crippen LogP contribution < -0.4 is 5.32 Å². The molecule has 7 nitrogen and oxygen atoms in total. The fraction of sp³-hybridized carbons (Fsp3) is 0.158. The van der Waals surface area contributed by atoms with E-state index in [1.165, 1.54) is 6.07 Å². The second-order valence-corrected chi connectivity index (χ2v) is 5.62. The molecule has 1 aromatic carbocycles. The molecule has 1 amide bonds. The van der Waals surface area contributed by atoms with Gasteiger partial charge in [0.1, 0.15) is 5.69 Å². The van der Waals surface area contributed by atoms with Gasteiger partial charge in [0.2, 0.25) is 11.8 Å². The van der Waals surface area contributed by atoms with Crippen LogP contribution in [0.2, 0.25) is 0 Å². The van der Waals surface area contributed by atoms with Gasteiger partial charge in [-0.15, -0.1) is 0 Å². The van der Waals surface area contributed by atoms with Crippen LogP contribution in [0.3, 0.4) is 0 Å². The molecule has 0 radical (unpaired) electrons. The Hall–Kier alpha value is -3.48. The van der Waals surface area contributed by atoms with Gasteiger partial charge in [-0.1, -0.05) is 30.3 Å². The van der Waals surface area contributed by atoms with Crippen LogP contribution in [0, 0.1) is 0 Å². The summed E-state index contributed by atoms with van der Waals surface area (Å²) in [4.78, 5) is 27.7. The molecule has 0 unspecified atom stereocenters. The Bertz CT molecular complexity index is 935. The van der Waals surface area contributed by atoms with Crippen LogP contribution in [-0.2, 0) is 4.79 Å². The normalized spacial score (nSPS) is 10.5. The smallest absolute Gasteiger partial charge is 0.336 e. The number of rotatable bonds is 6. The molecular weight excluding hydrogens is 334 g/mol. The van der Waals surface area contributed by atoms with E-state index in [9.17, 15) is 14.7 Å². The summed E-state index contributed by atoms with van der Waals surface area (Å²) in [7, 11) is 0. The monoisotopic (exact) mass is 351 g/mol. The van der Waals surface area contributed by atoms with E-state index in [0.29, 0.717) is 35.2 Å².